The van der Waals surface area contributed by atoms with Gasteiger partial charge in [-0.3, -0.25) is 0 Å². The Bertz CT molecular complexity index is 796. The maximum atomic E-state index is 9.76. The lowest BCUT2D eigenvalue weighted by Gasteiger charge is -2.17. The molecule has 0 saturated heterocycles. The zero-order chi connectivity index (χ0) is 24.7. The highest BCUT2D eigenvalue weighted by molar-refractivity contribution is 5.56. The Labute approximate surface area is 184 Å². The van der Waals surface area contributed by atoms with E-state index in [0.717, 1.165) is 0 Å². The van der Waals surface area contributed by atoms with Crippen LogP contribution in [0.3, 0.4) is 0 Å². The summed E-state index contributed by atoms with van der Waals surface area (Å²) in [6.07, 6.45) is 0. The summed E-state index contributed by atoms with van der Waals surface area (Å²) in [5.41, 5.74) is 1.80. The number of hydrogen-bond acceptors (Lipinski definition) is 9. The number of hydrogen-bond donors (Lipinski definition) is 5. The molecule has 0 aliphatic carbocycles. The third-order valence-electron chi connectivity index (χ3n) is 3.67. The Balaban J connectivity index is 0. The number of nitrogens with one attached hydrogen (secondary N) is 1. The Kier molecular flexibility index (Phi) is 15.1. The molecule has 9 heteroatoms. The summed E-state index contributed by atoms with van der Waals surface area (Å²) in [6, 6.07) is 4.37. The molecule has 9 nitrogen and oxygen atoms in total. The van der Waals surface area contributed by atoms with Gasteiger partial charge in [0.25, 0.3) is 0 Å². The van der Waals surface area contributed by atoms with Crippen molar-refractivity contribution in [3.63, 3.8) is 0 Å². The van der Waals surface area contributed by atoms with Gasteiger partial charge >= 0.3 is 0 Å². The summed E-state index contributed by atoms with van der Waals surface area (Å²) in [5, 5.41) is 40.6. The highest BCUT2D eigenvalue weighted by atomic mass is 16.5. The number of methoxy groups -OCH3 is 2. The fourth-order valence-corrected chi connectivity index (χ4v) is 2.37. The average Bonchev–Trinajstić information content (AvgIpc) is 2.71. The lowest BCUT2D eigenvalue weighted by molar-refractivity contribution is -0.0980. The first-order valence-corrected chi connectivity index (χ1v) is 9.20. The fraction of sp³-hybridized carbons (Fsp3) is 0.409. The van der Waals surface area contributed by atoms with Crippen LogP contribution in [0.25, 0.3) is 0 Å². The monoisotopic (exact) mass is 440 g/mol. The minimum Gasteiger partial charge on any atom is -0.508 e. The van der Waals surface area contributed by atoms with Crippen molar-refractivity contribution >= 4 is 6.79 Å². The highest BCUT2D eigenvalue weighted by Gasteiger charge is 2.16. The maximum Gasteiger partial charge on any atom is 0.168 e. The Morgan fingerprint density at radius 2 is 1.39 bits per heavy atom. The SMILES string of the molecule is C=O.CNC.COc1c(O)c(C)cc(O)c1CN(C)C.COc1cc(O)cc(C)c1O. The molecular weight excluding hydrogens is 404 g/mol. The van der Waals surface area contributed by atoms with Gasteiger partial charge in [-0.2, -0.15) is 0 Å². The molecule has 2 rings (SSSR count). The molecule has 2 aromatic carbocycles. The van der Waals surface area contributed by atoms with Crippen LogP contribution in [0.1, 0.15) is 16.7 Å². The van der Waals surface area contributed by atoms with Gasteiger partial charge in [0.1, 0.15) is 18.3 Å². The molecule has 0 bridgehead atoms. The summed E-state index contributed by atoms with van der Waals surface area (Å²) in [4.78, 5) is 9.90. The van der Waals surface area contributed by atoms with Gasteiger partial charge < -0.3 is 44.9 Å². The van der Waals surface area contributed by atoms with Gasteiger partial charge in [0, 0.05) is 12.6 Å². The molecular formula is C22H36N2O7. The molecule has 0 aliphatic heterocycles. The fourth-order valence-electron chi connectivity index (χ4n) is 2.37. The van der Waals surface area contributed by atoms with Crippen molar-refractivity contribution in [2.24, 2.45) is 0 Å². The number of carbonyl (C=O) groups excluding carboxylic acids is 1. The molecule has 0 unspecified atom stereocenters. The van der Waals surface area contributed by atoms with Crippen LogP contribution in [-0.4, -0.2) is 74.5 Å². The van der Waals surface area contributed by atoms with E-state index in [4.69, 9.17) is 19.4 Å². The molecule has 0 fully saturated rings. The number of phenols is 4. The van der Waals surface area contributed by atoms with Crippen LogP contribution >= 0.6 is 0 Å². The molecule has 0 saturated carbocycles. The molecule has 0 atom stereocenters. The molecule has 176 valence electrons. The first-order chi connectivity index (χ1) is 14.5. The number of aryl methyl sites for hydroxylation is 2. The predicted octanol–water partition coefficient (Wildman–Crippen LogP) is 2.54. The van der Waals surface area contributed by atoms with Crippen molar-refractivity contribution in [1.29, 1.82) is 0 Å². The van der Waals surface area contributed by atoms with Gasteiger partial charge in [-0.1, -0.05) is 0 Å². The smallest absolute Gasteiger partial charge is 0.168 e. The normalized spacial score (nSPS) is 9.32. The zero-order valence-electron chi connectivity index (χ0n) is 19.6. The second-order valence-electron chi connectivity index (χ2n) is 6.62. The number of aromatic hydroxyl groups is 4. The lowest BCUT2D eigenvalue weighted by Crippen LogP contribution is -2.12. The predicted molar refractivity (Wildman–Crippen MR) is 122 cm³/mol. The van der Waals surface area contributed by atoms with Crippen molar-refractivity contribution in [1.82, 2.24) is 10.2 Å². The van der Waals surface area contributed by atoms with Crippen LogP contribution in [0.2, 0.25) is 0 Å². The summed E-state index contributed by atoms with van der Waals surface area (Å²) < 4.78 is 9.90. The van der Waals surface area contributed by atoms with E-state index in [0.29, 0.717) is 34.7 Å². The summed E-state index contributed by atoms with van der Waals surface area (Å²) in [5.74, 6) is 1.05. The van der Waals surface area contributed by atoms with E-state index in [1.165, 1.54) is 32.4 Å². The quantitative estimate of drug-likeness (QED) is 0.455. The molecule has 0 spiro atoms. The third-order valence-corrected chi connectivity index (χ3v) is 3.67. The molecule has 0 aliphatic rings. The van der Waals surface area contributed by atoms with Gasteiger partial charge in [0.15, 0.2) is 23.0 Å². The van der Waals surface area contributed by atoms with Gasteiger partial charge in [0.2, 0.25) is 0 Å². The first kappa shape index (κ1) is 30.0. The molecule has 0 amide bonds. The molecule has 0 radical (unpaired) electrons. The minimum absolute atomic E-state index is 0.0744. The number of carbonyl (C=O) groups is 1. The van der Waals surface area contributed by atoms with E-state index in [-0.39, 0.29) is 23.0 Å². The summed E-state index contributed by atoms with van der Waals surface area (Å²) >= 11 is 0. The highest BCUT2D eigenvalue weighted by Crippen LogP contribution is 2.39. The second-order valence-corrected chi connectivity index (χ2v) is 6.62. The van der Waals surface area contributed by atoms with Crippen molar-refractivity contribution < 1.29 is 34.7 Å². The van der Waals surface area contributed by atoms with Crippen LogP contribution in [0.4, 0.5) is 0 Å². The number of nitrogens with zero attached hydrogens (tertiary/aromatic N) is 1. The second kappa shape index (κ2) is 15.6. The number of benzene rings is 2. The zero-order valence-corrected chi connectivity index (χ0v) is 19.6. The van der Waals surface area contributed by atoms with Gasteiger partial charge in [-0.25, -0.2) is 0 Å². The van der Waals surface area contributed by atoms with E-state index in [9.17, 15) is 15.3 Å². The van der Waals surface area contributed by atoms with Crippen molar-refractivity contribution in [2.75, 3.05) is 42.4 Å². The van der Waals surface area contributed by atoms with E-state index >= 15 is 0 Å². The average molecular weight is 441 g/mol. The van der Waals surface area contributed by atoms with Crippen LogP contribution in [0.5, 0.6) is 34.5 Å². The molecule has 5 N–H and O–H groups in total. The minimum atomic E-state index is 0.0744. The largest absolute Gasteiger partial charge is 0.508 e. The van der Waals surface area contributed by atoms with Crippen molar-refractivity contribution in [2.45, 2.75) is 20.4 Å². The Morgan fingerprint density at radius 1 is 0.903 bits per heavy atom. The van der Waals surface area contributed by atoms with Crippen LogP contribution in [0, 0.1) is 13.8 Å². The maximum absolute atomic E-state index is 9.76. The van der Waals surface area contributed by atoms with Gasteiger partial charge in [0.05, 0.1) is 19.8 Å². The van der Waals surface area contributed by atoms with E-state index in [1.807, 2.05) is 39.9 Å². The number of phenolic OH excluding ortho intramolecular Hbond substituents is 4. The Morgan fingerprint density at radius 3 is 1.81 bits per heavy atom. The van der Waals surface area contributed by atoms with Crippen LogP contribution in [0.15, 0.2) is 18.2 Å². The van der Waals surface area contributed by atoms with E-state index in [1.54, 1.807) is 13.8 Å². The molecule has 31 heavy (non-hydrogen) atoms. The van der Waals surface area contributed by atoms with Crippen LogP contribution in [-0.2, 0) is 11.3 Å². The summed E-state index contributed by atoms with van der Waals surface area (Å²) in [7, 11) is 10.4. The topological polar surface area (TPSA) is 132 Å². The van der Waals surface area contributed by atoms with Gasteiger partial charge in [-0.15, -0.1) is 0 Å². The van der Waals surface area contributed by atoms with E-state index < -0.39 is 0 Å². The lowest BCUT2D eigenvalue weighted by atomic mass is 10.1. The van der Waals surface area contributed by atoms with Gasteiger partial charge in [-0.05, 0) is 65.3 Å². The van der Waals surface area contributed by atoms with Crippen molar-refractivity contribution in [3.8, 4) is 34.5 Å². The summed E-state index contributed by atoms with van der Waals surface area (Å²) in [6.45, 7) is 5.93. The Hall–Kier alpha value is -3.17. The van der Waals surface area contributed by atoms with Crippen molar-refractivity contribution in [3.05, 3.63) is 34.9 Å². The number of ether oxygens (including phenoxy) is 2. The van der Waals surface area contributed by atoms with E-state index in [2.05, 4.69) is 5.32 Å². The molecule has 0 heterocycles. The molecule has 0 aromatic heterocycles. The third kappa shape index (κ3) is 9.92. The first-order valence-electron chi connectivity index (χ1n) is 9.20. The molecule has 2 aromatic rings. The number of rotatable bonds is 4. The van der Waals surface area contributed by atoms with Crippen LogP contribution < -0.4 is 14.8 Å². The standard InChI is InChI=1S/C11H17NO3.C8H10O3.C2H7N.CH2O/c1-7-5-9(13)8(6-12(2)3)11(15-4)10(7)14;1-5-3-6(9)4-7(11-2)8(5)10;1-3-2;1-2/h5,13-14H,6H2,1-4H3;3-4,9-10H,1-2H3;3H,1-2H3;1H2.